The molecule has 0 spiro atoms. The molecule has 0 amide bonds. The van der Waals surface area contributed by atoms with Gasteiger partial charge in [0.05, 0.1) is 17.1 Å². The highest BCUT2D eigenvalue weighted by Gasteiger charge is 2.49. The number of sulfone groups is 1. The van der Waals surface area contributed by atoms with Gasteiger partial charge in [0.1, 0.15) is 5.60 Å². The third kappa shape index (κ3) is 1.63. The number of hydrogen-bond acceptors (Lipinski definition) is 5. The van der Waals surface area contributed by atoms with Crippen LogP contribution in [0, 0.1) is 0 Å². The van der Waals surface area contributed by atoms with E-state index in [0.717, 1.165) is 6.26 Å². The third-order valence-corrected chi connectivity index (χ3v) is 4.89. The van der Waals surface area contributed by atoms with Crippen LogP contribution in [0.4, 0.5) is 0 Å². The molecule has 90 valence electrons. The van der Waals surface area contributed by atoms with Gasteiger partial charge in [-0.15, -0.1) is 5.10 Å². The van der Waals surface area contributed by atoms with Gasteiger partial charge < -0.3 is 5.11 Å². The van der Waals surface area contributed by atoms with Gasteiger partial charge in [0.25, 0.3) is 0 Å². The first-order valence-corrected chi connectivity index (χ1v) is 7.07. The summed E-state index contributed by atoms with van der Waals surface area (Å²) in [5, 5.41) is 17.2. The molecule has 1 saturated carbocycles. The Morgan fingerprint density at radius 3 is 2.81 bits per heavy atom. The standard InChI is InChI=1S/C9H15N3O3S/c1-12-7(6-10-11-12)9(13)5-3-4-8(9)16(2,14)15/h6,8,13H,3-5H2,1-2H3. The van der Waals surface area contributed by atoms with Crippen molar-refractivity contribution in [3.05, 3.63) is 11.9 Å². The lowest BCUT2D eigenvalue weighted by Gasteiger charge is -2.28. The second kappa shape index (κ2) is 3.53. The summed E-state index contributed by atoms with van der Waals surface area (Å²) in [7, 11) is -1.62. The highest BCUT2D eigenvalue weighted by atomic mass is 32.2. The van der Waals surface area contributed by atoms with Crippen LogP contribution in [0.25, 0.3) is 0 Å². The van der Waals surface area contributed by atoms with Crippen LogP contribution in [-0.4, -0.2) is 40.0 Å². The normalized spacial score (nSPS) is 30.8. The summed E-state index contributed by atoms with van der Waals surface area (Å²) in [6, 6.07) is 0. The van der Waals surface area contributed by atoms with Gasteiger partial charge in [-0.05, 0) is 19.3 Å². The fraction of sp³-hybridized carbons (Fsp3) is 0.778. The molecule has 1 fully saturated rings. The van der Waals surface area contributed by atoms with Crippen LogP contribution < -0.4 is 0 Å². The first-order valence-electron chi connectivity index (χ1n) is 5.12. The molecule has 1 aliphatic rings. The Hall–Kier alpha value is -0.950. The van der Waals surface area contributed by atoms with E-state index in [1.165, 1.54) is 10.9 Å². The van der Waals surface area contributed by atoms with Gasteiger partial charge >= 0.3 is 0 Å². The molecule has 1 aromatic heterocycles. The molecule has 0 saturated heterocycles. The van der Waals surface area contributed by atoms with Gasteiger partial charge in [0, 0.05) is 13.3 Å². The van der Waals surface area contributed by atoms with Crippen LogP contribution >= 0.6 is 0 Å². The zero-order valence-electron chi connectivity index (χ0n) is 9.29. The van der Waals surface area contributed by atoms with E-state index in [1.807, 2.05) is 0 Å². The minimum Gasteiger partial charge on any atom is -0.382 e. The molecule has 1 aliphatic carbocycles. The Labute approximate surface area is 94.2 Å². The molecule has 2 rings (SSSR count). The Morgan fingerprint density at radius 1 is 1.62 bits per heavy atom. The molecule has 1 N–H and O–H groups in total. The fourth-order valence-corrected chi connectivity index (χ4v) is 4.04. The van der Waals surface area contributed by atoms with Crippen molar-refractivity contribution in [2.75, 3.05) is 6.26 Å². The smallest absolute Gasteiger partial charge is 0.153 e. The summed E-state index contributed by atoms with van der Waals surface area (Å²) < 4.78 is 24.7. The van der Waals surface area contributed by atoms with E-state index in [2.05, 4.69) is 10.3 Å². The highest BCUT2D eigenvalue weighted by Crippen LogP contribution is 2.41. The minimum atomic E-state index is -3.27. The van der Waals surface area contributed by atoms with E-state index >= 15 is 0 Å². The second-order valence-corrected chi connectivity index (χ2v) is 6.61. The summed E-state index contributed by atoms with van der Waals surface area (Å²) in [6.45, 7) is 0. The van der Waals surface area contributed by atoms with Gasteiger partial charge in [-0.25, -0.2) is 13.1 Å². The molecule has 1 aromatic rings. The maximum Gasteiger partial charge on any atom is 0.153 e. The monoisotopic (exact) mass is 245 g/mol. The van der Waals surface area contributed by atoms with E-state index < -0.39 is 20.7 Å². The SMILES string of the molecule is Cn1nncc1C1(O)CCCC1S(C)(=O)=O. The fourth-order valence-electron chi connectivity index (χ4n) is 2.50. The third-order valence-electron chi connectivity index (χ3n) is 3.23. The maximum atomic E-state index is 11.6. The number of aliphatic hydroxyl groups is 1. The minimum absolute atomic E-state index is 0.436. The van der Waals surface area contributed by atoms with Gasteiger partial charge in [0.2, 0.25) is 0 Å². The quantitative estimate of drug-likeness (QED) is 0.766. The molecular formula is C9H15N3O3S. The molecule has 6 nitrogen and oxygen atoms in total. The Kier molecular flexibility index (Phi) is 2.54. The predicted molar refractivity (Wildman–Crippen MR) is 57.4 cm³/mol. The molecule has 2 atom stereocenters. The Balaban J connectivity index is 2.49. The summed E-state index contributed by atoms with van der Waals surface area (Å²) in [5.41, 5.74) is -0.869. The van der Waals surface area contributed by atoms with Gasteiger partial charge in [-0.1, -0.05) is 5.21 Å². The average Bonchev–Trinajstić information content (AvgIpc) is 2.70. The van der Waals surface area contributed by atoms with E-state index in [1.54, 1.807) is 7.05 Å². The first kappa shape index (κ1) is 11.5. The lowest BCUT2D eigenvalue weighted by atomic mass is 9.98. The predicted octanol–water partition coefficient (Wildman–Crippen LogP) is -0.400. The van der Waals surface area contributed by atoms with Crippen LogP contribution in [0.5, 0.6) is 0 Å². The van der Waals surface area contributed by atoms with Crippen molar-refractivity contribution < 1.29 is 13.5 Å². The molecule has 0 aliphatic heterocycles. The van der Waals surface area contributed by atoms with E-state index in [-0.39, 0.29) is 0 Å². The van der Waals surface area contributed by atoms with Crippen LogP contribution in [0.1, 0.15) is 25.0 Å². The molecule has 0 aromatic carbocycles. The average molecular weight is 245 g/mol. The van der Waals surface area contributed by atoms with E-state index in [0.29, 0.717) is 25.0 Å². The van der Waals surface area contributed by atoms with Crippen molar-refractivity contribution in [3.63, 3.8) is 0 Å². The molecule has 7 heteroatoms. The zero-order chi connectivity index (χ0) is 12.0. The first-order chi connectivity index (χ1) is 7.36. The van der Waals surface area contributed by atoms with Crippen LogP contribution in [0.15, 0.2) is 6.20 Å². The van der Waals surface area contributed by atoms with Crippen LogP contribution in [0.2, 0.25) is 0 Å². The summed E-state index contributed by atoms with van der Waals surface area (Å²) in [6.07, 6.45) is 4.22. The van der Waals surface area contributed by atoms with Crippen LogP contribution in [0.3, 0.4) is 0 Å². The highest BCUT2D eigenvalue weighted by molar-refractivity contribution is 7.91. The number of rotatable bonds is 2. The van der Waals surface area contributed by atoms with Gasteiger partial charge in [-0.2, -0.15) is 0 Å². The molecule has 16 heavy (non-hydrogen) atoms. The summed E-state index contributed by atoms with van der Waals surface area (Å²) in [4.78, 5) is 0. The topological polar surface area (TPSA) is 85.1 Å². The zero-order valence-corrected chi connectivity index (χ0v) is 10.1. The summed E-state index contributed by atoms with van der Waals surface area (Å²) in [5.74, 6) is 0. The van der Waals surface area contributed by atoms with Crippen LogP contribution in [-0.2, 0) is 22.5 Å². The molecular weight excluding hydrogens is 230 g/mol. The van der Waals surface area contributed by atoms with E-state index in [9.17, 15) is 13.5 Å². The Morgan fingerprint density at radius 2 is 2.31 bits per heavy atom. The number of aromatic nitrogens is 3. The van der Waals surface area contributed by atoms with Crippen molar-refractivity contribution in [2.24, 2.45) is 7.05 Å². The van der Waals surface area contributed by atoms with Crippen molar-refractivity contribution in [1.82, 2.24) is 15.0 Å². The lowest BCUT2D eigenvalue weighted by Crippen LogP contribution is -2.41. The lowest BCUT2D eigenvalue weighted by molar-refractivity contribution is 0.0392. The molecule has 0 bridgehead atoms. The van der Waals surface area contributed by atoms with Gasteiger partial charge in [0.15, 0.2) is 9.84 Å². The maximum absolute atomic E-state index is 11.6. The van der Waals surface area contributed by atoms with Crippen molar-refractivity contribution in [2.45, 2.75) is 30.1 Å². The molecule has 2 unspecified atom stereocenters. The van der Waals surface area contributed by atoms with Gasteiger partial charge in [-0.3, -0.25) is 0 Å². The van der Waals surface area contributed by atoms with Crippen molar-refractivity contribution in [1.29, 1.82) is 0 Å². The summed E-state index contributed by atoms with van der Waals surface area (Å²) >= 11 is 0. The van der Waals surface area contributed by atoms with E-state index in [4.69, 9.17) is 0 Å². The number of aryl methyl sites for hydroxylation is 1. The largest absolute Gasteiger partial charge is 0.382 e. The number of nitrogens with zero attached hydrogens (tertiary/aromatic N) is 3. The van der Waals surface area contributed by atoms with Crippen molar-refractivity contribution >= 4 is 9.84 Å². The van der Waals surface area contributed by atoms with Crippen molar-refractivity contribution in [3.8, 4) is 0 Å². The number of hydrogen-bond donors (Lipinski definition) is 1. The second-order valence-electron chi connectivity index (χ2n) is 4.38. The Bertz CT molecular complexity index is 496. The molecule has 1 heterocycles. The molecule has 0 radical (unpaired) electrons.